The lowest BCUT2D eigenvalue weighted by Crippen LogP contribution is -2.14. The second kappa shape index (κ2) is 6.46. The number of pyridine rings is 1. The lowest BCUT2D eigenvalue weighted by atomic mass is 10.2. The molecule has 4 N–H and O–H groups in total. The van der Waals surface area contributed by atoms with E-state index in [1.54, 1.807) is 23.9 Å². The first-order valence-electron chi connectivity index (χ1n) is 5.31. The maximum Gasteiger partial charge on any atom is 0.170 e. The van der Waals surface area contributed by atoms with Gasteiger partial charge in [-0.3, -0.25) is 0 Å². The first-order chi connectivity index (χ1) is 8.06. The molecule has 1 aromatic heterocycles. The zero-order valence-electron chi connectivity index (χ0n) is 9.92. The van der Waals surface area contributed by atoms with Gasteiger partial charge in [-0.2, -0.15) is 0 Å². The van der Waals surface area contributed by atoms with Gasteiger partial charge >= 0.3 is 0 Å². The number of nitrogens with two attached hydrogens (primary N) is 1. The maximum absolute atomic E-state index is 8.84. The molecule has 17 heavy (non-hydrogen) atoms. The molecular formula is C11H17N3O2S. The van der Waals surface area contributed by atoms with Gasteiger partial charge in [-0.25, -0.2) is 4.98 Å². The third kappa shape index (κ3) is 4.24. The van der Waals surface area contributed by atoms with Crippen LogP contribution in [0.5, 0.6) is 0 Å². The molecule has 1 heterocycles. The van der Waals surface area contributed by atoms with Crippen LogP contribution in [0, 0.1) is 6.92 Å². The van der Waals surface area contributed by atoms with E-state index in [9.17, 15) is 0 Å². The van der Waals surface area contributed by atoms with E-state index in [1.807, 2.05) is 13.8 Å². The van der Waals surface area contributed by atoms with Crippen LogP contribution in [0.3, 0.4) is 0 Å². The summed E-state index contributed by atoms with van der Waals surface area (Å²) in [5.74, 6) is 0.0761. The van der Waals surface area contributed by atoms with Gasteiger partial charge in [0.1, 0.15) is 0 Å². The highest BCUT2D eigenvalue weighted by atomic mass is 32.2. The fourth-order valence-electron chi connectivity index (χ4n) is 1.35. The SMILES string of the molecule is Cc1cc(/C(N)=N/O)cc(SC(C)CCO)n1. The minimum Gasteiger partial charge on any atom is -0.409 e. The van der Waals surface area contributed by atoms with E-state index >= 15 is 0 Å². The first kappa shape index (κ1) is 13.8. The quantitative estimate of drug-likeness (QED) is 0.243. The van der Waals surface area contributed by atoms with Crippen molar-refractivity contribution in [2.75, 3.05) is 6.61 Å². The van der Waals surface area contributed by atoms with Crippen LogP contribution in [0.25, 0.3) is 0 Å². The lowest BCUT2D eigenvalue weighted by molar-refractivity contribution is 0.289. The Bertz CT molecular complexity index is 410. The van der Waals surface area contributed by atoms with E-state index in [1.165, 1.54) is 0 Å². The van der Waals surface area contributed by atoms with Crippen molar-refractivity contribution in [3.63, 3.8) is 0 Å². The molecule has 0 aromatic carbocycles. The van der Waals surface area contributed by atoms with Crippen molar-refractivity contribution >= 4 is 17.6 Å². The van der Waals surface area contributed by atoms with Gasteiger partial charge in [0.15, 0.2) is 5.84 Å². The number of rotatable bonds is 5. The van der Waals surface area contributed by atoms with Gasteiger partial charge in [0, 0.05) is 23.1 Å². The molecule has 0 bridgehead atoms. The number of aliphatic hydroxyl groups is 1. The number of hydrogen-bond acceptors (Lipinski definition) is 5. The second-order valence-corrected chi connectivity index (χ2v) is 5.22. The Labute approximate surface area is 105 Å². The number of aliphatic hydroxyl groups excluding tert-OH is 1. The van der Waals surface area contributed by atoms with Gasteiger partial charge in [-0.05, 0) is 25.5 Å². The highest BCUT2D eigenvalue weighted by Crippen LogP contribution is 2.24. The Morgan fingerprint density at radius 3 is 2.88 bits per heavy atom. The number of nitrogens with zero attached hydrogens (tertiary/aromatic N) is 2. The highest BCUT2D eigenvalue weighted by Gasteiger charge is 2.08. The van der Waals surface area contributed by atoms with Crippen molar-refractivity contribution in [3.05, 3.63) is 23.4 Å². The van der Waals surface area contributed by atoms with Crippen LogP contribution in [-0.2, 0) is 0 Å². The monoisotopic (exact) mass is 255 g/mol. The standard InChI is InChI=1S/C11H17N3O2S/c1-7-5-9(11(12)14-16)6-10(13-7)17-8(2)3-4-15/h5-6,8,15-16H,3-4H2,1-2H3,(H2,12,14). The molecule has 1 rings (SSSR count). The van der Waals surface area contributed by atoms with E-state index < -0.39 is 0 Å². The van der Waals surface area contributed by atoms with Gasteiger partial charge in [0.05, 0.1) is 5.03 Å². The van der Waals surface area contributed by atoms with Crippen molar-refractivity contribution in [2.45, 2.75) is 30.5 Å². The van der Waals surface area contributed by atoms with Crippen LogP contribution >= 0.6 is 11.8 Å². The molecule has 1 unspecified atom stereocenters. The van der Waals surface area contributed by atoms with Gasteiger partial charge in [0.25, 0.3) is 0 Å². The Morgan fingerprint density at radius 1 is 1.59 bits per heavy atom. The fourth-order valence-corrected chi connectivity index (χ4v) is 2.38. The molecule has 1 atom stereocenters. The molecule has 0 aliphatic rings. The summed E-state index contributed by atoms with van der Waals surface area (Å²) in [4.78, 5) is 4.36. The number of oxime groups is 1. The molecule has 0 spiro atoms. The van der Waals surface area contributed by atoms with Gasteiger partial charge in [-0.15, -0.1) is 11.8 Å². The van der Waals surface area contributed by atoms with Crippen LogP contribution in [0.15, 0.2) is 22.3 Å². The summed E-state index contributed by atoms with van der Waals surface area (Å²) in [5.41, 5.74) is 7.01. The third-order valence-corrected chi connectivity index (χ3v) is 3.28. The molecule has 0 amide bonds. The van der Waals surface area contributed by atoms with Gasteiger partial charge in [-0.1, -0.05) is 12.1 Å². The van der Waals surface area contributed by atoms with Crippen LogP contribution in [0.4, 0.5) is 0 Å². The molecule has 94 valence electrons. The highest BCUT2D eigenvalue weighted by molar-refractivity contribution is 7.99. The molecular weight excluding hydrogens is 238 g/mol. The zero-order chi connectivity index (χ0) is 12.8. The number of hydrogen-bond donors (Lipinski definition) is 3. The van der Waals surface area contributed by atoms with Crippen molar-refractivity contribution in [3.8, 4) is 0 Å². The molecule has 0 saturated carbocycles. The molecule has 5 nitrogen and oxygen atoms in total. The number of aryl methyl sites for hydroxylation is 1. The summed E-state index contributed by atoms with van der Waals surface area (Å²) < 4.78 is 0. The minimum atomic E-state index is 0.0761. The average Bonchev–Trinajstić information content (AvgIpc) is 2.27. The number of amidine groups is 1. The summed E-state index contributed by atoms with van der Waals surface area (Å²) in [6.45, 7) is 4.04. The predicted octanol–water partition coefficient (Wildman–Crippen LogP) is 1.35. The van der Waals surface area contributed by atoms with Gasteiger partial charge in [0.2, 0.25) is 0 Å². The molecule has 0 fully saturated rings. The van der Waals surface area contributed by atoms with Crippen molar-refractivity contribution < 1.29 is 10.3 Å². The number of thioether (sulfide) groups is 1. The minimum absolute atomic E-state index is 0.0761. The van der Waals surface area contributed by atoms with Crippen molar-refractivity contribution in [1.82, 2.24) is 4.98 Å². The molecule has 1 aromatic rings. The predicted molar refractivity (Wildman–Crippen MR) is 68.5 cm³/mol. The summed E-state index contributed by atoms with van der Waals surface area (Å²) in [6.07, 6.45) is 0.708. The maximum atomic E-state index is 8.84. The smallest absolute Gasteiger partial charge is 0.170 e. The van der Waals surface area contributed by atoms with Crippen molar-refractivity contribution in [2.24, 2.45) is 10.9 Å². The van der Waals surface area contributed by atoms with Gasteiger partial charge < -0.3 is 16.0 Å². The Balaban J connectivity index is 2.90. The van der Waals surface area contributed by atoms with E-state index in [4.69, 9.17) is 16.0 Å². The van der Waals surface area contributed by atoms with Crippen LogP contribution < -0.4 is 5.73 Å². The fraction of sp³-hybridized carbons (Fsp3) is 0.455. The average molecular weight is 255 g/mol. The molecule has 0 aliphatic carbocycles. The topological polar surface area (TPSA) is 91.7 Å². The first-order valence-corrected chi connectivity index (χ1v) is 6.19. The summed E-state index contributed by atoms with van der Waals surface area (Å²) in [5, 5.41) is 21.5. The molecule has 0 saturated heterocycles. The van der Waals surface area contributed by atoms with E-state index in [-0.39, 0.29) is 17.7 Å². The zero-order valence-corrected chi connectivity index (χ0v) is 10.7. The lowest BCUT2D eigenvalue weighted by Gasteiger charge is -2.10. The van der Waals surface area contributed by atoms with Crippen LogP contribution in [-0.4, -0.2) is 33.0 Å². The van der Waals surface area contributed by atoms with E-state index in [0.29, 0.717) is 12.0 Å². The van der Waals surface area contributed by atoms with Crippen LogP contribution in [0.2, 0.25) is 0 Å². The molecule has 6 heteroatoms. The Hall–Kier alpha value is -1.27. The summed E-state index contributed by atoms with van der Waals surface area (Å²) in [7, 11) is 0. The second-order valence-electron chi connectivity index (χ2n) is 3.76. The normalized spacial score (nSPS) is 13.7. The Morgan fingerprint density at radius 2 is 2.29 bits per heavy atom. The molecule has 0 aliphatic heterocycles. The van der Waals surface area contributed by atoms with E-state index in [2.05, 4.69) is 10.1 Å². The summed E-state index contributed by atoms with van der Waals surface area (Å²) >= 11 is 1.56. The third-order valence-electron chi connectivity index (χ3n) is 2.19. The van der Waals surface area contributed by atoms with Crippen LogP contribution in [0.1, 0.15) is 24.6 Å². The number of aromatic nitrogens is 1. The van der Waals surface area contributed by atoms with E-state index in [0.717, 1.165) is 10.7 Å². The Kier molecular flexibility index (Phi) is 5.24. The summed E-state index contributed by atoms with van der Waals surface area (Å²) in [6, 6.07) is 3.54. The largest absolute Gasteiger partial charge is 0.409 e. The molecule has 0 radical (unpaired) electrons. The van der Waals surface area contributed by atoms with Crippen molar-refractivity contribution in [1.29, 1.82) is 0 Å².